The average molecular weight is 316 g/mol. The number of carbonyl (C=O) groups is 2. The molecule has 1 aliphatic heterocycles. The first-order valence-electron chi connectivity index (χ1n) is 8.44. The van der Waals surface area contributed by atoms with E-state index < -0.39 is 0 Å². The van der Waals surface area contributed by atoms with Gasteiger partial charge in [0.15, 0.2) is 0 Å². The van der Waals surface area contributed by atoms with Gasteiger partial charge in [0.05, 0.1) is 6.04 Å². The van der Waals surface area contributed by atoms with Crippen LogP contribution in [-0.2, 0) is 4.79 Å². The van der Waals surface area contributed by atoms with Crippen LogP contribution in [0.3, 0.4) is 0 Å². The summed E-state index contributed by atoms with van der Waals surface area (Å²) in [5.41, 5.74) is 0.603. The minimum absolute atomic E-state index is 0.00750. The Morgan fingerprint density at radius 1 is 1.17 bits per heavy atom. The minimum atomic E-state index is -0.189. The van der Waals surface area contributed by atoms with Crippen molar-refractivity contribution in [3.63, 3.8) is 0 Å². The second kappa shape index (κ2) is 7.13. The van der Waals surface area contributed by atoms with E-state index in [4.69, 9.17) is 0 Å². The zero-order valence-corrected chi connectivity index (χ0v) is 13.3. The number of piperidine rings is 1. The SMILES string of the molecule is O=C(N[C@@H]1CN(C(=O)C2CCC2)CC[C@@H]1CO)c1ccccc1. The van der Waals surface area contributed by atoms with Gasteiger partial charge in [-0.2, -0.15) is 0 Å². The molecular formula is C18H24N2O3. The van der Waals surface area contributed by atoms with Crippen molar-refractivity contribution in [3.8, 4) is 0 Å². The Balaban J connectivity index is 1.64. The molecule has 1 heterocycles. The van der Waals surface area contributed by atoms with E-state index in [2.05, 4.69) is 5.32 Å². The summed E-state index contributed by atoms with van der Waals surface area (Å²) in [6.07, 6.45) is 3.84. The van der Waals surface area contributed by atoms with Crippen molar-refractivity contribution in [2.45, 2.75) is 31.7 Å². The van der Waals surface area contributed by atoms with E-state index >= 15 is 0 Å². The maximum absolute atomic E-state index is 12.4. The first-order chi connectivity index (χ1) is 11.2. The highest BCUT2D eigenvalue weighted by molar-refractivity contribution is 5.94. The number of hydrogen-bond acceptors (Lipinski definition) is 3. The molecule has 2 N–H and O–H groups in total. The number of nitrogens with one attached hydrogen (secondary N) is 1. The lowest BCUT2D eigenvalue weighted by Gasteiger charge is -2.40. The van der Waals surface area contributed by atoms with Crippen LogP contribution < -0.4 is 5.32 Å². The van der Waals surface area contributed by atoms with E-state index in [1.807, 2.05) is 23.1 Å². The molecule has 0 aromatic heterocycles. The highest BCUT2D eigenvalue weighted by Gasteiger charge is 2.36. The van der Waals surface area contributed by atoms with E-state index in [-0.39, 0.29) is 36.3 Å². The van der Waals surface area contributed by atoms with Crippen molar-refractivity contribution >= 4 is 11.8 Å². The Morgan fingerprint density at radius 3 is 2.52 bits per heavy atom. The van der Waals surface area contributed by atoms with Crippen LogP contribution in [0.5, 0.6) is 0 Å². The van der Waals surface area contributed by atoms with Crippen LogP contribution >= 0.6 is 0 Å². The van der Waals surface area contributed by atoms with Gasteiger partial charge < -0.3 is 15.3 Å². The van der Waals surface area contributed by atoms with E-state index in [1.165, 1.54) is 0 Å². The van der Waals surface area contributed by atoms with Crippen molar-refractivity contribution in [3.05, 3.63) is 35.9 Å². The number of hydrogen-bond donors (Lipinski definition) is 2. The number of aliphatic hydroxyl groups excluding tert-OH is 1. The molecule has 2 fully saturated rings. The molecule has 0 unspecified atom stereocenters. The van der Waals surface area contributed by atoms with Crippen molar-refractivity contribution in [2.24, 2.45) is 11.8 Å². The van der Waals surface area contributed by atoms with Crippen LogP contribution in [-0.4, -0.2) is 47.6 Å². The first kappa shape index (κ1) is 16.0. The molecule has 0 bridgehead atoms. The molecule has 124 valence electrons. The van der Waals surface area contributed by atoms with E-state index in [0.29, 0.717) is 18.7 Å². The molecule has 1 aromatic carbocycles. The number of nitrogens with zero attached hydrogens (tertiary/aromatic N) is 1. The molecule has 0 radical (unpaired) electrons. The first-order valence-corrected chi connectivity index (χ1v) is 8.44. The molecule has 2 aliphatic rings. The van der Waals surface area contributed by atoms with Gasteiger partial charge in [0.1, 0.15) is 0 Å². The van der Waals surface area contributed by atoms with Crippen LogP contribution in [0.1, 0.15) is 36.0 Å². The maximum Gasteiger partial charge on any atom is 0.251 e. The zero-order chi connectivity index (χ0) is 16.2. The van der Waals surface area contributed by atoms with E-state index in [1.54, 1.807) is 12.1 Å². The smallest absolute Gasteiger partial charge is 0.251 e. The second-order valence-corrected chi connectivity index (χ2v) is 6.59. The molecule has 1 saturated heterocycles. The fourth-order valence-corrected chi connectivity index (χ4v) is 3.34. The quantitative estimate of drug-likeness (QED) is 0.883. The van der Waals surface area contributed by atoms with Gasteiger partial charge in [-0.3, -0.25) is 9.59 Å². The largest absolute Gasteiger partial charge is 0.396 e. The summed E-state index contributed by atoms with van der Waals surface area (Å²) in [6.45, 7) is 1.21. The third-order valence-corrected chi connectivity index (χ3v) is 5.11. The summed E-state index contributed by atoms with van der Waals surface area (Å²) >= 11 is 0. The Hall–Kier alpha value is -1.88. The zero-order valence-electron chi connectivity index (χ0n) is 13.3. The molecular weight excluding hydrogens is 292 g/mol. The van der Waals surface area contributed by atoms with Gasteiger partial charge in [-0.25, -0.2) is 0 Å². The average Bonchev–Trinajstić information content (AvgIpc) is 2.54. The van der Waals surface area contributed by atoms with Gasteiger partial charge in [0.2, 0.25) is 5.91 Å². The summed E-state index contributed by atoms with van der Waals surface area (Å²) in [6, 6.07) is 8.86. The lowest BCUT2D eigenvalue weighted by Crippen LogP contribution is -2.56. The molecule has 2 amide bonds. The normalized spacial score (nSPS) is 24.8. The molecule has 3 rings (SSSR count). The number of likely N-dealkylation sites (tertiary alicyclic amines) is 1. The van der Waals surface area contributed by atoms with Gasteiger partial charge in [-0.1, -0.05) is 24.6 Å². The third-order valence-electron chi connectivity index (χ3n) is 5.11. The second-order valence-electron chi connectivity index (χ2n) is 6.59. The van der Waals surface area contributed by atoms with Crippen LogP contribution in [0.2, 0.25) is 0 Å². The Morgan fingerprint density at radius 2 is 1.91 bits per heavy atom. The van der Waals surface area contributed by atoms with Gasteiger partial charge in [0.25, 0.3) is 5.91 Å². The highest BCUT2D eigenvalue weighted by atomic mass is 16.3. The highest BCUT2D eigenvalue weighted by Crippen LogP contribution is 2.30. The number of rotatable bonds is 4. The molecule has 5 nitrogen and oxygen atoms in total. The van der Waals surface area contributed by atoms with Crippen LogP contribution in [0.4, 0.5) is 0 Å². The fourth-order valence-electron chi connectivity index (χ4n) is 3.34. The Bertz CT molecular complexity index is 557. The van der Waals surface area contributed by atoms with Crippen molar-refractivity contribution in [2.75, 3.05) is 19.7 Å². The van der Waals surface area contributed by atoms with E-state index in [0.717, 1.165) is 25.7 Å². The summed E-state index contributed by atoms with van der Waals surface area (Å²) in [5, 5.41) is 12.6. The van der Waals surface area contributed by atoms with Crippen molar-refractivity contribution in [1.29, 1.82) is 0 Å². The maximum atomic E-state index is 12.4. The standard InChI is InChI=1S/C18H24N2O3/c21-12-15-9-10-20(18(23)14-7-4-8-14)11-16(15)19-17(22)13-5-2-1-3-6-13/h1-3,5-6,14-16,21H,4,7-12H2,(H,19,22)/t15-,16-/m1/s1. The summed E-state index contributed by atoms with van der Waals surface area (Å²) in [4.78, 5) is 26.7. The predicted molar refractivity (Wildman–Crippen MR) is 86.8 cm³/mol. The number of amides is 2. The number of carbonyl (C=O) groups excluding carboxylic acids is 2. The molecule has 1 saturated carbocycles. The predicted octanol–water partition coefficient (Wildman–Crippen LogP) is 1.43. The van der Waals surface area contributed by atoms with Crippen LogP contribution in [0.15, 0.2) is 30.3 Å². The third kappa shape index (κ3) is 3.55. The monoisotopic (exact) mass is 316 g/mol. The molecule has 23 heavy (non-hydrogen) atoms. The van der Waals surface area contributed by atoms with Crippen LogP contribution in [0.25, 0.3) is 0 Å². The topological polar surface area (TPSA) is 69.6 Å². The van der Waals surface area contributed by atoms with Gasteiger partial charge in [-0.05, 0) is 31.4 Å². The molecule has 2 atom stereocenters. The van der Waals surface area contributed by atoms with E-state index in [9.17, 15) is 14.7 Å². The fraction of sp³-hybridized carbons (Fsp3) is 0.556. The van der Waals surface area contributed by atoms with Crippen LogP contribution in [0, 0.1) is 11.8 Å². The molecule has 1 aliphatic carbocycles. The Kier molecular flexibility index (Phi) is 4.96. The molecule has 1 aromatic rings. The van der Waals surface area contributed by atoms with Gasteiger partial charge in [-0.15, -0.1) is 0 Å². The minimum Gasteiger partial charge on any atom is -0.396 e. The van der Waals surface area contributed by atoms with Crippen molar-refractivity contribution < 1.29 is 14.7 Å². The lowest BCUT2D eigenvalue weighted by atomic mass is 9.83. The van der Waals surface area contributed by atoms with Crippen molar-refractivity contribution in [1.82, 2.24) is 10.2 Å². The molecule has 0 spiro atoms. The number of aliphatic hydroxyl groups is 1. The summed E-state index contributed by atoms with van der Waals surface area (Å²) < 4.78 is 0. The van der Waals surface area contributed by atoms with Gasteiger partial charge in [0, 0.05) is 37.1 Å². The lowest BCUT2D eigenvalue weighted by molar-refractivity contribution is -0.140. The summed E-state index contributed by atoms with van der Waals surface area (Å²) in [7, 11) is 0. The number of benzene rings is 1. The molecule has 5 heteroatoms. The summed E-state index contributed by atoms with van der Waals surface area (Å²) in [5.74, 6) is 0.248. The Labute approximate surface area is 136 Å². The van der Waals surface area contributed by atoms with Gasteiger partial charge >= 0.3 is 0 Å².